The minimum atomic E-state index is 0.636. The van der Waals surface area contributed by atoms with Gasteiger partial charge >= 0.3 is 0 Å². The van der Waals surface area contributed by atoms with E-state index in [0.29, 0.717) is 5.92 Å². The predicted octanol–water partition coefficient (Wildman–Crippen LogP) is 4.93. The summed E-state index contributed by atoms with van der Waals surface area (Å²) < 4.78 is 5.92. The molecule has 0 aliphatic heterocycles. The second kappa shape index (κ2) is 4.69. The van der Waals surface area contributed by atoms with Gasteiger partial charge in [0.15, 0.2) is 0 Å². The first kappa shape index (κ1) is 11.1. The number of allylic oxidation sites excluding steroid dienone is 4. The van der Waals surface area contributed by atoms with Gasteiger partial charge in [0.25, 0.3) is 0 Å². The lowest BCUT2D eigenvalue weighted by molar-refractivity contribution is 0.567. The summed E-state index contributed by atoms with van der Waals surface area (Å²) >= 11 is 0. The summed E-state index contributed by atoms with van der Waals surface area (Å²) in [5, 5.41) is 0. The fourth-order valence-corrected chi connectivity index (χ4v) is 2.16. The molecule has 0 saturated carbocycles. The Bertz CT molecular complexity index is 587. The van der Waals surface area contributed by atoms with Gasteiger partial charge in [0.2, 0.25) is 0 Å². The third-order valence-electron chi connectivity index (χ3n) is 3.26. The predicted molar refractivity (Wildman–Crippen MR) is 75.0 cm³/mol. The van der Waals surface area contributed by atoms with Crippen LogP contribution in [0.4, 0.5) is 0 Å². The Balaban J connectivity index is 1.89. The van der Waals surface area contributed by atoms with E-state index in [1.807, 2.05) is 24.3 Å². The maximum absolute atomic E-state index is 5.92. The summed E-state index contributed by atoms with van der Waals surface area (Å²) in [6, 6.07) is 14.3. The van der Waals surface area contributed by atoms with Crippen LogP contribution in [0.15, 0.2) is 65.1 Å². The molecular formula is C17H16O. The van der Waals surface area contributed by atoms with Crippen molar-refractivity contribution in [2.24, 2.45) is 5.92 Å². The van der Waals surface area contributed by atoms with Crippen LogP contribution in [-0.2, 0) is 0 Å². The van der Waals surface area contributed by atoms with Crippen molar-refractivity contribution < 1.29 is 4.42 Å². The normalized spacial score (nSPS) is 18.7. The summed E-state index contributed by atoms with van der Waals surface area (Å²) in [5.74, 6) is 2.52. The average molecular weight is 236 g/mol. The van der Waals surface area contributed by atoms with E-state index in [4.69, 9.17) is 4.42 Å². The van der Waals surface area contributed by atoms with Gasteiger partial charge in [-0.1, -0.05) is 55.5 Å². The Labute approximate surface area is 107 Å². The van der Waals surface area contributed by atoms with Crippen LogP contribution in [0.3, 0.4) is 0 Å². The van der Waals surface area contributed by atoms with Gasteiger partial charge in [-0.2, -0.15) is 0 Å². The van der Waals surface area contributed by atoms with Crippen molar-refractivity contribution in [1.82, 2.24) is 0 Å². The topological polar surface area (TPSA) is 13.1 Å². The number of benzene rings is 1. The minimum absolute atomic E-state index is 0.636. The van der Waals surface area contributed by atoms with Crippen molar-refractivity contribution in [2.45, 2.75) is 13.3 Å². The zero-order chi connectivity index (χ0) is 12.4. The van der Waals surface area contributed by atoms with Crippen molar-refractivity contribution in [3.63, 3.8) is 0 Å². The van der Waals surface area contributed by atoms with Crippen molar-refractivity contribution >= 4 is 5.57 Å². The SMILES string of the molecule is CC1C=CC(c2ccc(-c3ccccc3)o2)=CC1. The highest BCUT2D eigenvalue weighted by atomic mass is 16.3. The highest BCUT2D eigenvalue weighted by Gasteiger charge is 2.10. The minimum Gasteiger partial charge on any atom is -0.456 e. The van der Waals surface area contributed by atoms with E-state index in [9.17, 15) is 0 Å². The summed E-state index contributed by atoms with van der Waals surface area (Å²) in [7, 11) is 0. The van der Waals surface area contributed by atoms with E-state index in [-0.39, 0.29) is 0 Å². The van der Waals surface area contributed by atoms with Gasteiger partial charge in [0.05, 0.1) is 0 Å². The molecule has 1 aliphatic rings. The third kappa shape index (κ3) is 2.17. The van der Waals surface area contributed by atoms with Gasteiger partial charge < -0.3 is 4.42 Å². The molecule has 2 aromatic rings. The van der Waals surface area contributed by atoms with Gasteiger partial charge in [-0.05, 0) is 24.5 Å². The lowest BCUT2D eigenvalue weighted by atomic mass is 9.97. The molecule has 1 unspecified atom stereocenters. The van der Waals surface area contributed by atoms with E-state index < -0.39 is 0 Å². The molecule has 1 aromatic carbocycles. The van der Waals surface area contributed by atoms with E-state index in [1.54, 1.807) is 0 Å². The van der Waals surface area contributed by atoms with Crippen LogP contribution in [0.2, 0.25) is 0 Å². The molecule has 1 heteroatoms. The fraction of sp³-hybridized carbons (Fsp3) is 0.176. The molecular weight excluding hydrogens is 220 g/mol. The molecule has 1 aliphatic carbocycles. The van der Waals surface area contributed by atoms with E-state index >= 15 is 0 Å². The van der Waals surface area contributed by atoms with Crippen molar-refractivity contribution in [1.29, 1.82) is 0 Å². The standard InChI is InChI=1S/C17H16O/c1-13-7-9-15(10-8-13)17-12-11-16(18-17)14-5-3-2-4-6-14/h2-7,9-13H,8H2,1H3. The quantitative estimate of drug-likeness (QED) is 0.720. The summed E-state index contributed by atoms with van der Waals surface area (Å²) in [4.78, 5) is 0. The lowest BCUT2D eigenvalue weighted by Crippen LogP contribution is -1.93. The Morgan fingerprint density at radius 3 is 2.50 bits per heavy atom. The molecule has 18 heavy (non-hydrogen) atoms. The van der Waals surface area contributed by atoms with Gasteiger partial charge in [0.1, 0.15) is 11.5 Å². The highest BCUT2D eigenvalue weighted by molar-refractivity contribution is 5.73. The Morgan fingerprint density at radius 1 is 1.00 bits per heavy atom. The zero-order valence-corrected chi connectivity index (χ0v) is 10.5. The Kier molecular flexibility index (Phi) is 2.89. The Morgan fingerprint density at radius 2 is 1.78 bits per heavy atom. The fourth-order valence-electron chi connectivity index (χ4n) is 2.16. The molecule has 0 saturated heterocycles. The van der Waals surface area contributed by atoms with Crippen molar-refractivity contribution in [3.05, 3.63) is 66.5 Å². The largest absolute Gasteiger partial charge is 0.456 e. The Hall–Kier alpha value is -2.02. The molecule has 0 amide bonds. The number of hydrogen-bond donors (Lipinski definition) is 0. The van der Waals surface area contributed by atoms with Crippen molar-refractivity contribution in [2.75, 3.05) is 0 Å². The number of furan rings is 1. The molecule has 90 valence electrons. The monoisotopic (exact) mass is 236 g/mol. The second-order valence-electron chi connectivity index (χ2n) is 4.76. The molecule has 1 nitrogen and oxygen atoms in total. The molecule has 3 rings (SSSR count). The smallest absolute Gasteiger partial charge is 0.134 e. The average Bonchev–Trinajstić information content (AvgIpc) is 2.90. The molecule has 1 aromatic heterocycles. The van der Waals surface area contributed by atoms with Crippen LogP contribution in [0.25, 0.3) is 16.9 Å². The van der Waals surface area contributed by atoms with E-state index in [0.717, 1.165) is 23.5 Å². The van der Waals surface area contributed by atoms with Crippen LogP contribution < -0.4 is 0 Å². The molecule has 1 atom stereocenters. The van der Waals surface area contributed by atoms with Crippen molar-refractivity contribution in [3.8, 4) is 11.3 Å². The van der Waals surface area contributed by atoms with Gasteiger partial charge in [0, 0.05) is 11.1 Å². The second-order valence-corrected chi connectivity index (χ2v) is 4.76. The maximum Gasteiger partial charge on any atom is 0.134 e. The highest BCUT2D eigenvalue weighted by Crippen LogP contribution is 2.29. The van der Waals surface area contributed by atoms with Gasteiger partial charge in [-0.15, -0.1) is 0 Å². The first-order valence-corrected chi connectivity index (χ1v) is 6.37. The molecule has 0 N–H and O–H groups in total. The van der Waals surface area contributed by atoms with Gasteiger partial charge in [-0.3, -0.25) is 0 Å². The molecule has 1 heterocycles. The summed E-state index contributed by atoms with van der Waals surface area (Å²) in [6.07, 6.45) is 7.73. The van der Waals surface area contributed by atoms with Crippen LogP contribution >= 0.6 is 0 Å². The molecule has 0 radical (unpaired) electrons. The first-order valence-electron chi connectivity index (χ1n) is 6.37. The summed E-state index contributed by atoms with van der Waals surface area (Å²) in [5.41, 5.74) is 2.31. The summed E-state index contributed by atoms with van der Waals surface area (Å²) in [6.45, 7) is 2.22. The van der Waals surface area contributed by atoms with Gasteiger partial charge in [-0.25, -0.2) is 0 Å². The number of hydrogen-bond acceptors (Lipinski definition) is 1. The van der Waals surface area contributed by atoms with Crippen LogP contribution in [-0.4, -0.2) is 0 Å². The first-order chi connectivity index (χ1) is 8.83. The molecule has 0 fully saturated rings. The molecule has 0 bridgehead atoms. The van der Waals surface area contributed by atoms with E-state index in [1.165, 1.54) is 5.57 Å². The zero-order valence-electron chi connectivity index (χ0n) is 10.5. The third-order valence-corrected chi connectivity index (χ3v) is 3.26. The van der Waals surface area contributed by atoms with E-state index in [2.05, 4.69) is 43.4 Å². The van der Waals surface area contributed by atoms with Crippen LogP contribution in [0.5, 0.6) is 0 Å². The molecule has 0 spiro atoms. The van der Waals surface area contributed by atoms with Crippen LogP contribution in [0.1, 0.15) is 19.1 Å². The number of rotatable bonds is 2. The van der Waals surface area contributed by atoms with Crippen LogP contribution in [0, 0.1) is 5.92 Å². The maximum atomic E-state index is 5.92. The lowest BCUT2D eigenvalue weighted by Gasteiger charge is -2.09.